The molecule has 1 N–H and O–H groups in total. The molecular formula is C15H21N3O2. The molecule has 1 aromatic heterocycles. The average molecular weight is 275 g/mol. The second-order valence-corrected chi connectivity index (χ2v) is 4.99. The van der Waals surface area contributed by atoms with Crippen molar-refractivity contribution in [2.24, 2.45) is 0 Å². The molecule has 5 nitrogen and oxygen atoms in total. The lowest BCUT2D eigenvalue weighted by Gasteiger charge is -2.22. The number of aromatic nitrogens is 2. The molecule has 5 heteroatoms. The summed E-state index contributed by atoms with van der Waals surface area (Å²) in [7, 11) is 0. The highest BCUT2D eigenvalue weighted by Crippen LogP contribution is 2.16. The van der Waals surface area contributed by atoms with E-state index in [-0.39, 0.29) is 0 Å². The Bertz CT molecular complexity index is 536. The predicted molar refractivity (Wildman–Crippen MR) is 76.1 cm³/mol. The fraction of sp³-hybridized carbons (Fsp3) is 0.467. The minimum atomic E-state index is -0.514. The van der Waals surface area contributed by atoms with Crippen LogP contribution in [0.5, 0.6) is 0 Å². The number of hydrogen-bond donors (Lipinski definition) is 1. The molecule has 108 valence electrons. The van der Waals surface area contributed by atoms with Crippen LogP contribution in [0.3, 0.4) is 0 Å². The maximum atomic E-state index is 10.3. The fourth-order valence-corrected chi connectivity index (χ4v) is 2.04. The van der Waals surface area contributed by atoms with Gasteiger partial charge in [0.25, 0.3) is 0 Å². The Balaban J connectivity index is 1.96. The Morgan fingerprint density at radius 2 is 1.95 bits per heavy atom. The molecule has 0 amide bonds. The Morgan fingerprint density at radius 3 is 2.50 bits per heavy atom. The van der Waals surface area contributed by atoms with E-state index in [1.165, 1.54) is 5.56 Å². The van der Waals surface area contributed by atoms with Gasteiger partial charge in [-0.05, 0) is 26.0 Å². The van der Waals surface area contributed by atoms with E-state index in [1.54, 1.807) is 6.92 Å². The highest BCUT2D eigenvalue weighted by atomic mass is 16.5. The van der Waals surface area contributed by atoms with Gasteiger partial charge < -0.3 is 9.63 Å². The maximum absolute atomic E-state index is 10.3. The summed E-state index contributed by atoms with van der Waals surface area (Å²) in [6.07, 6.45) is -0.514. The molecule has 1 aromatic carbocycles. The third-order valence-corrected chi connectivity index (χ3v) is 3.27. The van der Waals surface area contributed by atoms with Crippen LogP contribution in [-0.2, 0) is 6.54 Å². The third-order valence-electron chi connectivity index (χ3n) is 3.27. The second-order valence-electron chi connectivity index (χ2n) is 4.99. The van der Waals surface area contributed by atoms with Gasteiger partial charge in [-0.15, -0.1) is 0 Å². The van der Waals surface area contributed by atoms with Crippen molar-refractivity contribution >= 4 is 0 Å². The number of aryl methyl sites for hydroxylation is 2. The first-order valence-electron chi connectivity index (χ1n) is 6.84. The van der Waals surface area contributed by atoms with Gasteiger partial charge in [0.05, 0.1) is 12.6 Å². The predicted octanol–water partition coefficient (Wildman–Crippen LogP) is 2.24. The molecule has 0 saturated heterocycles. The summed E-state index contributed by atoms with van der Waals surface area (Å²) >= 11 is 0. The number of aliphatic hydroxyl groups is 1. The highest BCUT2D eigenvalue weighted by molar-refractivity contribution is 5.23. The van der Waals surface area contributed by atoms with Crippen molar-refractivity contribution < 1.29 is 9.63 Å². The van der Waals surface area contributed by atoms with Crippen LogP contribution >= 0.6 is 0 Å². The molecule has 0 aliphatic carbocycles. The summed E-state index contributed by atoms with van der Waals surface area (Å²) in [6.45, 7) is 7.79. The Kier molecular flexibility index (Phi) is 4.87. The lowest BCUT2D eigenvalue weighted by molar-refractivity contribution is 0.105. The van der Waals surface area contributed by atoms with Gasteiger partial charge in [-0.2, -0.15) is 4.98 Å². The van der Waals surface area contributed by atoms with E-state index in [9.17, 15) is 5.11 Å². The zero-order chi connectivity index (χ0) is 14.5. The Morgan fingerprint density at radius 1 is 1.25 bits per heavy atom. The Labute approximate surface area is 119 Å². The van der Waals surface area contributed by atoms with Gasteiger partial charge >= 0.3 is 0 Å². The fourth-order valence-electron chi connectivity index (χ4n) is 2.04. The van der Waals surface area contributed by atoms with Crippen molar-refractivity contribution in [3.05, 3.63) is 47.1 Å². The summed E-state index contributed by atoms with van der Waals surface area (Å²) in [5, 5.41) is 14.1. The minimum absolute atomic E-state index is 0.514. The Hall–Kier alpha value is -1.72. The molecule has 0 bridgehead atoms. The molecule has 0 aliphatic rings. The van der Waals surface area contributed by atoms with E-state index < -0.39 is 6.10 Å². The van der Waals surface area contributed by atoms with Crippen LogP contribution in [0.25, 0.3) is 0 Å². The topological polar surface area (TPSA) is 62.4 Å². The van der Waals surface area contributed by atoms with E-state index >= 15 is 0 Å². The molecule has 1 atom stereocenters. The minimum Gasteiger partial charge on any atom is -0.387 e. The number of benzene rings is 1. The summed E-state index contributed by atoms with van der Waals surface area (Å²) in [5.74, 6) is 1.22. The third kappa shape index (κ3) is 3.88. The second kappa shape index (κ2) is 6.63. The zero-order valence-electron chi connectivity index (χ0n) is 12.2. The molecule has 1 heterocycles. The molecule has 0 saturated carbocycles. The van der Waals surface area contributed by atoms with Gasteiger partial charge in [0.2, 0.25) is 5.89 Å². The average Bonchev–Trinajstić information content (AvgIpc) is 2.84. The largest absolute Gasteiger partial charge is 0.387 e. The van der Waals surface area contributed by atoms with Crippen molar-refractivity contribution in [3.63, 3.8) is 0 Å². The zero-order valence-corrected chi connectivity index (χ0v) is 12.2. The summed E-state index contributed by atoms with van der Waals surface area (Å²) in [6, 6.07) is 7.95. The summed E-state index contributed by atoms with van der Waals surface area (Å²) < 4.78 is 5.12. The smallest absolute Gasteiger partial charge is 0.240 e. The van der Waals surface area contributed by atoms with Gasteiger partial charge in [0.1, 0.15) is 0 Å². The first-order valence-corrected chi connectivity index (χ1v) is 6.84. The molecular weight excluding hydrogens is 254 g/mol. The van der Waals surface area contributed by atoms with E-state index in [0.29, 0.717) is 24.8 Å². The molecule has 0 spiro atoms. The number of likely N-dealkylation sites (N-methyl/N-ethyl adjacent to an activating group) is 1. The van der Waals surface area contributed by atoms with Crippen LogP contribution in [0.4, 0.5) is 0 Å². The van der Waals surface area contributed by atoms with Crippen LogP contribution in [0, 0.1) is 13.8 Å². The van der Waals surface area contributed by atoms with Crippen molar-refractivity contribution in [2.45, 2.75) is 33.4 Å². The lowest BCUT2D eigenvalue weighted by Crippen LogP contribution is -2.28. The number of nitrogens with zero attached hydrogens (tertiary/aromatic N) is 3. The summed E-state index contributed by atoms with van der Waals surface area (Å²) in [5.41, 5.74) is 2.12. The molecule has 2 rings (SSSR count). The quantitative estimate of drug-likeness (QED) is 0.876. The van der Waals surface area contributed by atoms with E-state index in [1.807, 2.05) is 38.1 Å². The van der Waals surface area contributed by atoms with E-state index in [2.05, 4.69) is 15.0 Å². The molecule has 1 unspecified atom stereocenters. The lowest BCUT2D eigenvalue weighted by atomic mass is 10.1. The molecule has 20 heavy (non-hydrogen) atoms. The van der Waals surface area contributed by atoms with Crippen LogP contribution in [0.2, 0.25) is 0 Å². The monoisotopic (exact) mass is 275 g/mol. The van der Waals surface area contributed by atoms with Crippen LogP contribution < -0.4 is 0 Å². The number of aliphatic hydroxyl groups excluding tert-OH is 1. The van der Waals surface area contributed by atoms with E-state index in [4.69, 9.17) is 4.52 Å². The molecule has 2 aromatic rings. The SMILES string of the molecule is CCN(Cc1nc(C)no1)CC(O)c1ccc(C)cc1. The molecule has 0 fully saturated rings. The highest BCUT2D eigenvalue weighted by Gasteiger charge is 2.15. The van der Waals surface area contributed by atoms with Crippen LogP contribution in [0.1, 0.15) is 35.9 Å². The van der Waals surface area contributed by atoms with Crippen molar-refractivity contribution in [1.29, 1.82) is 0 Å². The van der Waals surface area contributed by atoms with Gasteiger partial charge in [-0.3, -0.25) is 4.90 Å². The van der Waals surface area contributed by atoms with Gasteiger partial charge in [0.15, 0.2) is 5.82 Å². The normalized spacial score (nSPS) is 12.8. The van der Waals surface area contributed by atoms with Crippen molar-refractivity contribution in [1.82, 2.24) is 15.0 Å². The van der Waals surface area contributed by atoms with Gasteiger partial charge in [-0.1, -0.05) is 41.9 Å². The van der Waals surface area contributed by atoms with Crippen LogP contribution in [0.15, 0.2) is 28.8 Å². The van der Waals surface area contributed by atoms with Gasteiger partial charge in [-0.25, -0.2) is 0 Å². The molecule has 0 aliphatic heterocycles. The van der Waals surface area contributed by atoms with Gasteiger partial charge in [0, 0.05) is 6.54 Å². The van der Waals surface area contributed by atoms with Crippen LogP contribution in [-0.4, -0.2) is 33.2 Å². The first-order chi connectivity index (χ1) is 9.58. The maximum Gasteiger partial charge on any atom is 0.240 e. The number of rotatable bonds is 6. The standard InChI is InChI=1S/C15H21N3O2/c1-4-18(10-15-16-12(3)17-20-15)9-14(19)13-7-5-11(2)6-8-13/h5-8,14,19H,4,9-10H2,1-3H3. The van der Waals surface area contributed by atoms with E-state index in [0.717, 1.165) is 12.1 Å². The molecule has 0 radical (unpaired) electrons. The first kappa shape index (κ1) is 14.7. The summed E-state index contributed by atoms with van der Waals surface area (Å²) in [4.78, 5) is 6.27. The van der Waals surface area contributed by atoms with Crippen molar-refractivity contribution in [3.8, 4) is 0 Å². The van der Waals surface area contributed by atoms with Crippen molar-refractivity contribution in [2.75, 3.05) is 13.1 Å². The number of hydrogen-bond acceptors (Lipinski definition) is 5.